The Kier molecular flexibility index (Phi) is 4.66. The minimum absolute atomic E-state index is 0.0294. The molecule has 2 rings (SSSR count). The number of nitrogen functional groups attached to an aromatic ring is 1. The fraction of sp³-hybridized carbons (Fsp3) is 0.188. The first kappa shape index (κ1) is 14.7. The molecule has 5 heteroatoms. The van der Waals surface area contributed by atoms with Gasteiger partial charge in [0.25, 0.3) is 0 Å². The van der Waals surface area contributed by atoms with Crippen LogP contribution in [-0.4, -0.2) is 18.2 Å². The van der Waals surface area contributed by atoms with Gasteiger partial charge in [0.1, 0.15) is 6.61 Å². The third-order valence-corrected chi connectivity index (χ3v) is 3.03. The van der Waals surface area contributed by atoms with E-state index in [1.165, 1.54) is 0 Å². The molecule has 0 aromatic heterocycles. The molecule has 2 aromatic carbocycles. The molecule has 3 N–H and O–H groups in total. The molecule has 21 heavy (non-hydrogen) atoms. The number of ether oxygens (including phenoxy) is 2. The number of carboxylic acid groups (broad SMARTS) is 1. The van der Waals surface area contributed by atoms with Crippen LogP contribution >= 0.6 is 0 Å². The van der Waals surface area contributed by atoms with Crippen LogP contribution in [0.2, 0.25) is 0 Å². The molecule has 0 atom stereocenters. The van der Waals surface area contributed by atoms with Gasteiger partial charge >= 0.3 is 5.97 Å². The molecule has 0 spiro atoms. The van der Waals surface area contributed by atoms with E-state index in [1.807, 2.05) is 18.2 Å². The minimum Gasteiger partial charge on any atom is -0.493 e. The number of hydrogen-bond donors (Lipinski definition) is 2. The summed E-state index contributed by atoms with van der Waals surface area (Å²) in [4.78, 5) is 10.9. The Morgan fingerprint density at radius 2 is 1.86 bits per heavy atom. The lowest BCUT2D eigenvalue weighted by Gasteiger charge is -2.13. The number of anilines is 1. The van der Waals surface area contributed by atoms with Crippen LogP contribution in [0.5, 0.6) is 11.5 Å². The summed E-state index contributed by atoms with van der Waals surface area (Å²) in [5.41, 5.74) is 7.84. The van der Waals surface area contributed by atoms with Gasteiger partial charge in [-0.15, -0.1) is 0 Å². The highest BCUT2D eigenvalue weighted by atomic mass is 16.5. The fourth-order valence-corrected chi connectivity index (χ4v) is 1.99. The quantitative estimate of drug-likeness (QED) is 0.798. The highest BCUT2D eigenvalue weighted by Crippen LogP contribution is 2.29. The Morgan fingerprint density at radius 1 is 1.14 bits per heavy atom. The first-order valence-corrected chi connectivity index (χ1v) is 6.45. The summed E-state index contributed by atoms with van der Waals surface area (Å²) >= 11 is 0. The number of nitrogens with two attached hydrogens (primary N) is 1. The zero-order valence-corrected chi connectivity index (χ0v) is 11.7. The van der Waals surface area contributed by atoms with Crippen molar-refractivity contribution in [3.8, 4) is 11.5 Å². The molecule has 0 amide bonds. The number of methoxy groups -OCH3 is 1. The van der Waals surface area contributed by atoms with Crippen LogP contribution in [-0.2, 0) is 17.8 Å². The summed E-state index contributed by atoms with van der Waals surface area (Å²) in [5.74, 6) is 0.245. The van der Waals surface area contributed by atoms with Crippen molar-refractivity contribution in [2.45, 2.75) is 13.0 Å². The zero-order chi connectivity index (χ0) is 15.2. The second-order valence-electron chi connectivity index (χ2n) is 4.54. The Labute approximate surface area is 122 Å². The van der Waals surface area contributed by atoms with E-state index in [9.17, 15) is 4.79 Å². The molecule has 110 valence electrons. The average Bonchev–Trinajstić information content (AvgIpc) is 2.46. The van der Waals surface area contributed by atoms with Crippen molar-refractivity contribution in [2.24, 2.45) is 0 Å². The van der Waals surface area contributed by atoms with E-state index < -0.39 is 5.97 Å². The Bertz CT molecular complexity index is 640. The molecule has 0 fully saturated rings. The Morgan fingerprint density at radius 3 is 2.52 bits per heavy atom. The number of hydrogen-bond acceptors (Lipinski definition) is 4. The van der Waals surface area contributed by atoms with E-state index in [-0.39, 0.29) is 13.0 Å². The smallest absolute Gasteiger partial charge is 0.307 e. The minimum atomic E-state index is -0.868. The van der Waals surface area contributed by atoms with Crippen molar-refractivity contribution in [2.75, 3.05) is 12.8 Å². The molecule has 0 radical (unpaired) electrons. The molecule has 0 saturated heterocycles. The van der Waals surface area contributed by atoms with Crippen molar-refractivity contribution >= 4 is 11.7 Å². The number of benzene rings is 2. The predicted octanol–water partition coefficient (Wildman–Crippen LogP) is 2.48. The number of aliphatic carboxylic acids is 1. The first-order valence-electron chi connectivity index (χ1n) is 6.45. The molecule has 0 heterocycles. The maximum absolute atomic E-state index is 10.9. The van der Waals surface area contributed by atoms with Crippen molar-refractivity contribution in [3.05, 3.63) is 53.6 Å². The maximum Gasteiger partial charge on any atom is 0.307 e. The van der Waals surface area contributed by atoms with Crippen LogP contribution in [0, 0.1) is 0 Å². The Balaban J connectivity index is 2.15. The number of carbonyl (C=O) groups is 1. The van der Waals surface area contributed by atoms with Crippen LogP contribution in [0.4, 0.5) is 5.69 Å². The largest absolute Gasteiger partial charge is 0.493 e. The van der Waals surface area contributed by atoms with Gasteiger partial charge in [-0.2, -0.15) is 0 Å². The van der Waals surface area contributed by atoms with Gasteiger partial charge < -0.3 is 20.3 Å². The number of rotatable bonds is 6. The van der Waals surface area contributed by atoms with Crippen molar-refractivity contribution in [1.29, 1.82) is 0 Å². The summed E-state index contributed by atoms with van der Waals surface area (Å²) in [6.45, 7) is 0.268. The third-order valence-electron chi connectivity index (χ3n) is 3.03. The SMILES string of the molecule is COc1cc(N)ccc1OCc1ccccc1CC(=O)O. The van der Waals surface area contributed by atoms with Gasteiger partial charge in [-0.1, -0.05) is 24.3 Å². The summed E-state index contributed by atoms with van der Waals surface area (Å²) < 4.78 is 10.9. The second kappa shape index (κ2) is 6.65. The molecule has 0 bridgehead atoms. The third kappa shape index (κ3) is 3.89. The van der Waals surface area contributed by atoms with E-state index in [4.69, 9.17) is 20.3 Å². The van der Waals surface area contributed by atoms with Crippen molar-refractivity contribution in [1.82, 2.24) is 0 Å². The molecular formula is C16H17NO4. The molecule has 5 nitrogen and oxygen atoms in total. The van der Waals surface area contributed by atoms with Gasteiger partial charge in [0.05, 0.1) is 13.5 Å². The van der Waals surface area contributed by atoms with Crippen molar-refractivity contribution in [3.63, 3.8) is 0 Å². The Hall–Kier alpha value is -2.69. The van der Waals surface area contributed by atoms with Gasteiger partial charge in [0, 0.05) is 11.8 Å². The summed E-state index contributed by atoms with van der Waals surface area (Å²) in [5, 5.41) is 8.91. The van der Waals surface area contributed by atoms with Crippen LogP contribution in [0.3, 0.4) is 0 Å². The summed E-state index contributed by atoms with van der Waals surface area (Å²) in [7, 11) is 1.54. The molecule has 2 aromatic rings. The van der Waals surface area contributed by atoms with Crippen LogP contribution < -0.4 is 15.2 Å². The fourth-order valence-electron chi connectivity index (χ4n) is 1.99. The monoisotopic (exact) mass is 287 g/mol. The predicted molar refractivity (Wildman–Crippen MR) is 79.5 cm³/mol. The summed E-state index contributed by atoms with van der Waals surface area (Å²) in [6, 6.07) is 12.4. The zero-order valence-electron chi connectivity index (χ0n) is 11.7. The lowest BCUT2D eigenvalue weighted by Crippen LogP contribution is -2.06. The second-order valence-corrected chi connectivity index (χ2v) is 4.54. The standard InChI is InChI=1S/C16H17NO4/c1-20-15-9-13(17)6-7-14(15)21-10-12-5-3-2-4-11(12)8-16(18)19/h2-7,9H,8,10,17H2,1H3,(H,18,19). The lowest BCUT2D eigenvalue weighted by molar-refractivity contribution is -0.136. The normalized spacial score (nSPS) is 10.1. The van der Waals surface area contributed by atoms with Gasteiger partial charge in [-0.3, -0.25) is 4.79 Å². The van der Waals surface area contributed by atoms with Crippen molar-refractivity contribution < 1.29 is 19.4 Å². The van der Waals surface area contributed by atoms with Crippen LogP contribution in [0.15, 0.2) is 42.5 Å². The van der Waals surface area contributed by atoms with Gasteiger partial charge in [-0.05, 0) is 23.3 Å². The molecular weight excluding hydrogens is 270 g/mol. The maximum atomic E-state index is 10.9. The highest BCUT2D eigenvalue weighted by Gasteiger charge is 2.09. The molecule has 0 unspecified atom stereocenters. The molecule has 0 aliphatic rings. The van der Waals surface area contributed by atoms with Gasteiger partial charge in [-0.25, -0.2) is 0 Å². The topological polar surface area (TPSA) is 81.8 Å². The van der Waals surface area contributed by atoms with Gasteiger partial charge in [0.2, 0.25) is 0 Å². The van der Waals surface area contributed by atoms with E-state index in [0.717, 1.165) is 11.1 Å². The van der Waals surface area contributed by atoms with Crippen LogP contribution in [0.1, 0.15) is 11.1 Å². The number of carboxylic acids is 1. The van der Waals surface area contributed by atoms with Gasteiger partial charge in [0.15, 0.2) is 11.5 Å². The highest BCUT2D eigenvalue weighted by molar-refractivity contribution is 5.70. The van der Waals surface area contributed by atoms with E-state index in [0.29, 0.717) is 17.2 Å². The van der Waals surface area contributed by atoms with Crippen LogP contribution in [0.25, 0.3) is 0 Å². The first-order chi connectivity index (χ1) is 10.1. The van der Waals surface area contributed by atoms with E-state index >= 15 is 0 Å². The molecule has 0 aliphatic carbocycles. The molecule has 0 saturated carbocycles. The van der Waals surface area contributed by atoms with E-state index in [1.54, 1.807) is 31.4 Å². The molecule has 0 aliphatic heterocycles. The summed E-state index contributed by atoms with van der Waals surface area (Å²) in [6.07, 6.45) is -0.0294. The van der Waals surface area contributed by atoms with E-state index in [2.05, 4.69) is 0 Å². The lowest BCUT2D eigenvalue weighted by atomic mass is 10.1. The average molecular weight is 287 g/mol.